The molecule has 2 aromatic carbocycles. The monoisotopic (exact) mass is 267 g/mol. The Morgan fingerprint density at radius 1 is 1.05 bits per heavy atom. The van der Waals surface area contributed by atoms with Crippen molar-refractivity contribution in [2.24, 2.45) is 0 Å². The SMILES string of the molecule is O=C(NC[C@@H]1CO1)C(c1ccccc1)c1ccccc1. The van der Waals surface area contributed by atoms with Gasteiger partial charge < -0.3 is 10.1 Å². The van der Waals surface area contributed by atoms with Gasteiger partial charge in [0.15, 0.2) is 0 Å². The summed E-state index contributed by atoms with van der Waals surface area (Å²) in [4.78, 5) is 12.5. The minimum absolute atomic E-state index is 0.0258. The molecule has 1 fully saturated rings. The average Bonchev–Trinajstić information content (AvgIpc) is 3.32. The van der Waals surface area contributed by atoms with Crippen LogP contribution in [0.1, 0.15) is 17.0 Å². The molecule has 1 saturated heterocycles. The first kappa shape index (κ1) is 12.9. The fraction of sp³-hybridized carbons (Fsp3) is 0.235. The number of amides is 1. The Morgan fingerprint density at radius 3 is 2.00 bits per heavy atom. The maximum atomic E-state index is 12.5. The van der Waals surface area contributed by atoms with Gasteiger partial charge in [0.05, 0.1) is 18.6 Å². The van der Waals surface area contributed by atoms with E-state index >= 15 is 0 Å². The highest BCUT2D eigenvalue weighted by atomic mass is 16.6. The van der Waals surface area contributed by atoms with E-state index in [4.69, 9.17) is 4.74 Å². The Balaban J connectivity index is 1.84. The predicted octanol–water partition coefficient (Wildman–Crippen LogP) is 2.33. The quantitative estimate of drug-likeness (QED) is 0.845. The van der Waals surface area contributed by atoms with E-state index in [1.807, 2.05) is 60.7 Å². The molecule has 0 bridgehead atoms. The summed E-state index contributed by atoms with van der Waals surface area (Å²) in [6.07, 6.45) is 0.200. The molecule has 2 aromatic rings. The fourth-order valence-corrected chi connectivity index (χ4v) is 2.29. The van der Waals surface area contributed by atoms with Crippen molar-refractivity contribution >= 4 is 5.91 Å². The standard InChI is InChI=1S/C17H17NO2/c19-17(18-11-15-12-20-15)16(13-7-3-1-4-8-13)14-9-5-2-6-10-14/h1-10,15-16H,11-12H2,(H,18,19)/t15-/m1/s1. The summed E-state index contributed by atoms with van der Waals surface area (Å²) >= 11 is 0. The molecular weight excluding hydrogens is 250 g/mol. The van der Waals surface area contributed by atoms with E-state index in [0.717, 1.165) is 17.7 Å². The molecule has 0 saturated carbocycles. The Labute approximate surface area is 118 Å². The van der Waals surface area contributed by atoms with E-state index in [2.05, 4.69) is 5.32 Å². The van der Waals surface area contributed by atoms with Crippen molar-refractivity contribution in [2.45, 2.75) is 12.0 Å². The van der Waals surface area contributed by atoms with Crippen molar-refractivity contribution in [2.75, 3.05) is 13.2 Å². The molecular formula is C17H17NO2. The molecule has 0 aromatic heterocycles. The van der Waals surface area contributed by atoms with E-state index in [0.29, 0.717) is 6.54 Å². The number of benzene rings is 2. The van der Waals surface area contributed by atoms with Crippen molar-refractivity contribution in [3.63, 3.8) is 0 Å². The average molecular weight is 267 g/mol. The number of epoxide rings is 1. The zero-order chi connectivity index (χ0) is 13.8. The largest absolute Gasteiger partial charge is 0.371 e. The van der Waals surface area contributed by atoms with Crippen molar-refractivity contribution in [1.82, 2.24) is 5.32 Å². The molecule has 3 heteroatoms. The van der Waals surface area contributed by atoms with Gasteiger partial charge in [-0.15, -0.1) is 0 Å². The predicted molar refractivity (Wildman–Crippen MR) is 77.5 cm³/mol. The zero-order valence-electron chi connectivity index (χ0n) is 11.2. The lowest BCUT2D eigenvalue weighted by Crippen LogP contribution is -2.32. The molecule has 0 radical (unpaired) electrons. The van der Waals surface area contributed by atoms with Gasteiger partial charge >= 0.3 is 0 Å². The lowest BCUT2D eigenvalue weighted by Gasteiger charge is -2.17. The lowest BCUT2D eigenvalue weighted by atomic mass is 9.90. The van der Waals surface area contributed by atoms with E-state index < -0.39 is 0 Å². The van der Waals surface area contributed by atoms with Gasteiger partial charge in [0, 0.05) is 6.54 Å². The van der Waals surface area contributed by atoms with Gasteiger partial charge in [-0.05, 0) is 11.1 Å². The highest BCUT2D eigenvalue weighted by Gasteiger charge is 2.26. The van der Waals surface area contributed by atoms with Crippen LogP contribution in [0.25, 0.3) is 0 Å². The molecule has 1 heterocycles. The smallest absolute Gasteiger partial charge is 0.232 e. The topological polar surface area (TPSA) is 41.6 Å². The summed E-state index contributed by atoms with van der Waals surface area (Å²) in [5, 5.41) is 2.98. The van der Waals surface area contributed by atoms with Gasteiger partial charge in [-0.25, -0.2) is 0 Å². The third-order valence-corrected chi connectivity index (χ3v) is 3.43. The number of hydrogen-bond donors (Lipinski definition) is 1. The third kappa shape index (κ3) is 3.06. The molecule has 1 aliphatic heterocycles. The summed E-state index contributed by atoms with van der Waals surface area (Å²) in [5.74, 6) is -0.242. The van der Waals surface area contributed by atoms with Crippen molar-refractivity contribution < 1.29 is 9.53 Å². The van der Waals surface area contributed by atoms with E-state index in [1.165, 1.54) is 0 Å². The number of ether oxygens (including phenoxy) is 1. The van der Waals surface area contributed by atoms with Gasteiger partial charge in [-0.3, -0.25) is 4.79 Å². The minimum Gasteiger partial charge on any atom is -0.371 e. The van der Waals surface area contributed by atoms with Crippen LogP contribution in [0.4, 0.5) is 0 Å². The van der Waals surface area contributed by atoms with Crippen LogP contribution in [0, 0.1) is 0 Å². The molecule has 20 heavy (non-hydrogen) atoms. The second kappa shape index (κ2) is 5.88. The molecule has 1 amide bonds. The second-order valence-electron chi connectivity index (χ2n) is 4.95. The Hall–Kier alpha value is -2.13. The molecule has 3 nitrogen and oxygen atoms in total. The highest BCUT2D eigenvalue weighted by Crippen LogP contribution is 2.24. The summed E-state index contributed by atoms with van der Waals surface area (Å²) in [6.45, 7) is 1.34. The Kier molecular flexibility index (Phi) is 3.79. The van der Waals surface area contributed by atoms with E-state index in [9.17, 15) is 4.79 Å². The van der Waals surface area contributed by atoms with Crippen LogP contribution in [0.5, 0.6) is 0 Å². The molecule has 3 rings (SSSR count). The maximum absolute atomic E-state index is 12.5. The van der Waals surface area contributed by atoms with E-state index in [-0.39, 0.29) is 17.9 Å². The molecule has 0 unspecified atom stereocenters. The van der Waals surface area contributed by atoms with Crippen LogP contribution < -0.4 is 5.32 Å². The number of carbonyl (C=O) groups excluding carboxylic acids is 1. The molecule has 1 N–H and O–H groups in total. The van der Waals surface area contributed by atoms with E-state index in [1.54, 1.807) is 0 Å². The molecule has 102 valence electrons. The van der Waals surface area contributed by atoms with Gasteiger partial charge in [-0.1, -0.05) is 60.7 Å². The van der Waals surface area contributed by atoms with Crippen molar-refractivity contribution in [3.05, 3.63) is 71.8 Å². The third-order valence-electron chi connectivity index (χ3n) is 3.43. The summed E-state index contributed by atoms with van der Waals surface area (Å²) < 4.78 is 5.14. The van der Waals surface area contributed by atoms with Crippen LogP contribution >= 0.6 is 0 Å². The minimum atomic E-state index is -0.267. The van der Waals surface area contributed by atoms with Gasteiger partial charge in [0.2, 0.25) is 5.91 Å². The number of nitrogens with one attached hydrogen (secondary N) is 1. The van der Waals surface area contributed by atoms with Crippen molar-refractivity contribution in [3.8, 4) is 0 Å². The van der Waals surface area contributed by atoms with Gasteiger partial charge in [0.1, 0.15) is 0 Å². The van der Waals surface area contributed by atoms with Crippen LogP contribution in [-0.2, 0) is 9.53 Å². The summed E-state index contributed by atoms with van der Waals surface area (Å²) in [7, 11) is 0. The van der Waals surface area contributed by atoms with Crippen LogP contribution in [-0.4, -0.2) is 25.2 Å². The fourth-order valence-electron chi connectivity index (χ4n) is 2.29. The second-order valence-corrected chi connectivity index (χ2v) is 4.95. The lowest BCUT2D eigenvalue weighted by molar-refractivity contribution is -0.121. The summed E-state index contributed by atoms with van der Waals surface area (Å²) in [6, 6.07) is 19.7. The zero-order valence-corrected chi connectivity index (χ0v) is 11.2. The van der Waals surface area contributed by atoms with Crippen LogP contribution in [0.15, 0.2) is 60.7 Å². The van der Waals surface area contributed by atoms with Gasteiger partial charge in [0.25, 0.3) is 0 Å². The van der Waals surface area contributed by atoms with Crippen molar-refractivity contribution in [1.29, 1.82) is 0 Å². The molecule has 0 aliphatic carbocycles. The number of carbonyl (C=O) groups is 1. The first-order chi connectivity index (χ1) is 9.84. The molecule has 1 aliphatic rings. The number of rotatable bonds is 5. The molecule has 1 atom stereocenters. The van der Waals surface area contributed by atoms with Crippen LogP contribution in [0.3, 0.4) is 0 Å². The number of hydrogen-bond acceptors (Lipinski definition) is 2. The first-order valence-electron chi connectivity index (χ1n) is 6.84. The maximum Gasteiger partial charge on any atom is 0.232 e. The van der Waals surface area contributed by atoms with Crippen LogP contribution in [0.2, 0.25) is 0 Å². The van der Waals surface area contributed by atoms with Gasteiger partial charge in [-0.2, -0.15) is 0 Å². The first-order valence-corrected chi connectivity index (χ1v) is 6.84. The Morgan fingerprint density at radius 2 is 1.55 bits per heavy atom. The normalized spacial score (nSPS) is 16.9. The Bertz CT molecular complexity index is 525. The highest BCUT2D eigenvalue weighted by molar-refractivity contribution is 5.87. The molecule has 0 spiro atoms. The summed E-state index contributed by atoms with van der Waals surface area (Å²) in [5.41, 5.74) is 2.01.